The van der Waals surface area contributed by atoms with Crippen LogP contribution in [0, 0.1) is 0 Å². The quantitative estimate of drug-likeness (QED) is 0.499. The molecule has 50 valence electrons. The number of hydrogen-bond donors (Lipinski definition) is 1. The van der Waals surface area contributed by atoms with E-state index in [2.05, 4.69) is 4.74 Å². The molecule has 0 aromatic carbocycles. The fourth-order valence-corrected chi connectivity index (χ4v) is 0. The summed E-state index contributed by atoms with van der Waals surface area (Å²) in [6.07, 6.45) is 0. The zero-order chi connectivity index (χ0) is 6.99. The highest BCUT2D eigenvalue weighted by atomic mass is 16.5. The van der Waals surface area contributed by atoms with Crippen LogP contribution in [0.2, 0.25) is 0 Å². The van der Waals surface area contributed by atoms with Gasteiger partial charge in [-0.3, -0.25) is 4.79 Å². The molecule has 0 heterocycles. The molecule has 0 atom stereocenters. The van der Waals surface area contributed by atoms with Crippen molar-refractivity contribution in [3.8, 4) is 0 Å². The Hall–Kier alpha value is -0.570. The van der Waals surface area contributed by atoms with Gasteiger partial charge in [0.2, 0.25) is 0 Å². The number of ether oxygens (including phenoxy) is 1. The predicted octanol–water partition coefficient (Wildman–Crippen LogP) is 0.143. The minimum absolute atomic E-state index is 0.333. The molecule has 0 saturated carbocycles. The maximum absolute atomic E-state index is 8.95. The van der Waals surface area contributed by atoms with Crippen LogP contribution in [-0.4, -0.2) is 19.6 Å². The lowest BCUT2D eigenvalue weighted by Crippen LogP contribution is -2.06. The molecule has 0 rings (SSSR count). The Morgan fingerprint density at radius 3 is 1.75 bits per heavy atom. The Balaban J connectivity index is 0. The minimum atomic E-state index is 0.333. The zero-order valence-corrected chi connectivity index (χ0v) is 5.55. The third-order valence-corrected chi connectivity index (χ3v) is 0.0962. The van der Waals surface area contributed by atoms with Crippen molar-refractivity contribution in [3.63, 3.8) is 0 Å². The lowest BCUT2D eigenvalue weighted by Gasteiger charge is -1.81. The summed E-state index contributed by atoms with van der Waals surface area (Å²) in [5.74, 6) is 0. The van der Waals surface area contributed by atoms with E-state index in [1.54, 1.807) is 0 Å². The first kappa shape index (κ1) is 10.4. The molecule has 0 fully saturated rings. The van der Waals surface area contributed by atoms with Gasteiger partial charge in [0, 0.05) is 0 Å². The Morgan fingerprint density at radius 2 is 1.75 bits per heavy atom. The maximum Gasteiger partial charge on any atom is 0.292 e. The SMILES string of the molecule is CC(C)N.COC=O. The van der Waals surface area contributed by atoms with Crippen LogP contribution in [0.5, 0.6) is 0 Å². The van der Waals surface area contributed by atoms with E-state index in [1.165, 1.54) is 7.11 Å². The van der Waals surface area contributed by atoms with Gasteiger partial charge in [0.05, 0.1) is 7.11 Å². The Morgan fingerprint density at radius 1 is 1.62 bits per heavy atom. The molecule has 0 aromatic rings. The molecule has 0 amide bonds. The number of nitrogens with two attached hydrogens (primary N) is 1. The fraction of sp³-hybridized carbons (Fsp3) is 0.800. The standard InChI is InChI=1S/C3H9N.C2H4O2/c1-3(2)4;1-4-2-3/h3H,4H2,1-2H3;2H,1H3. The van der Waals surface area contributed by atoms with Crippen molar-refractivity contribution in [2.75, 3.05) is 7.11 Å². The molecule has 0 aromatic heterocycles. The van der Waals surface area contributed by atoms with E-state index in [1.807, 2.05) is 13.8 Å². The van der Waals surface area contributed by atoms with E-state index in [9.17, 15) is 0 Å². The highest BCUT2D eigenvalue weighted by Gasteiger charge is 1.67. The Labute approximate surface area is 49.8 Å². The molecule has 0 saturated heterocycles. The maximum atomic E-state index is 8.95. The first-order chi connectivity index (χ1) is 3.65. The lowest BCUT2D eigenvalue weighted by atomic mass is 10.5. The van der Waals surface area contributed by atoms with Crippen molar-refractivity contribution >= 4 is 6.47 Å². The van der Waals surface area contributed by atoms with E-state index >= 15 is 0 Å². The minimum Gasteiger partial charge on any atom is -0.471 e. The van der Waals surface area contributed by atoms with E-state index in [0.717, 1.165) is 0 Å². The van der Waals surface area contributed by atoms with Crippen molar-refractivity contribution in [1.29, 1.82) is 0 Å². The lowest BCUT2D eigenvalue weighted by molar-refractivity contribution is -0.126. The van der Waals surface area contributed by atoms with Crippen molar-refractivity contribution in [1.82, 2.24) is 0 Å². The van der Waals surface area contributed by atoms with Gasteiger partial charge < -0.3 is 10.5 Å². The van der Waals surface area contributed by atoms with Gasteiger partial charge in [0.1, 0.15) is 0 Å². The highest BCUT2D eigenvalue weighted by Crippen LogP contribution is 1.58. The summed E-state index contributed by atoms with van der Waals surface area (Å²) in [6, 6.07) is 0.333. The van der Waals surface area contributed by atoms with Crippen LogP contribution >= 0.6 is 0 Å². The zero-order valence-electron chi connectivity index (χ0n) is 5.55. The topological polar surface area (TPSA) is 52.3 Å². The van der Waals surface area contributed by atoms with Gasteiger partial charge in [-0.2, -0.15) is 0 Å². The summed E-state index contributed by atoms with van der Waals surface area (Å²) in [5.41, 5.74) is 5.11. The second kappa shape index (κ2) is 9.66. The van der Waals surface area contributed by atoms with E-state index in [0.29, 0.717) is 12.5 Å². The van der Waals surface area contributed by atoms with Crippen molar-refractivity contribution in [3.05, 3.63) is 0 Å². The molecule has 0 radical (unpaired) electrons. The van der Waals surface area contributed by atoms with Crippen LogP contribution in [0.25, 0.3) is 0 Å². The molecule has 0 aliphatic rings. The average Bonchev–Trinajstić information content (AvgIpc) is 1.65. The number of carbonyl (C=O) groups is 1. The fourth-order valence-electron chi connectivity index (χ4n) is 0. The molecule has 2 N–H and O–H groups in total. The van der Waals surface area contributed by atoms with Crippen LogP contribution in [0.4, 0.5) is 0 Å². The van der Waals surface area contributed by atoms with Crippen LogP contribution in [0.1, 0.15) is 13.8 Å². The van der Waals surface area contributed by atoms with Crippen molar-refractivity contribution < 1.29 is 9.53 Å². The monoisotopic (exact) mass is 119 g/mol. The normalized spacial score (nSPS) is 7.12. The second-order valence-electron chi connectivity index (χ2n) is 1.58. The highest BCUT2D eigenvalue weighted by molar-refractivity contribution is 5.36. The van der Waals surface area contributed by atoms with Crippen molar-refractivity contribution in [2.45, 2.75) is 19.9 Å². The molecule has 3 heteroatoms. The molecule has 0 unspecified atom stereocenters. The van der Waals surface area contributed by atoms with Crippen LogP contribution < -0.4 is 5.73 Å². The summed E-state index contributed by atoms with van der Waals surface area (Å²) in [5, 5.41) is 0. The smallest absolute Gasteiger partial charge is 0.292 e. The van der Waals surface area contributed by atoms with E-state index in [4.69, 9.17) is 10.5 Å². The number of hydrogen-bond acceptors (Lipinski definition) is 3. The van der Waals surface area contributed by atoms with Gasteiger partial charge in [0.15, 0.2) is 0 Å². The molecule has 0 bridgehead atoms. The molecular weight excluding hydrogens is 106 g/mol. The molecule has 0 aliphatic carbocycles. The average molecular weight is 119 g/mol. The van der Waals surface area contributed by atoms with Gasteiger partial charge in [-0.15, -0.1) is 0 Å². The third kappa shape index (κ3) is 576. The summed E-state index contributed by atoms with van der Waals surface area (Å²) in [4.78, 5) is 8.95. The Kier molecular flexibility index (Phi) is 12.6. The van der Waals surface area contributed by atoms with Gasteiger partial charge in [-0.05, 0) is 6.04 Å². The molecular formula is C5H13NO2. The van der Waals surface area contributed by atoms with Crippen LogP contribution in [0.15, 0.2) is 0 Å². The summed E-state index contributed by atoms with van der Waals surface area (Å²) >= 11 is 0. The van der Waals surface area contributed by atoms with Gasteiger partial charge in [-0.1, -0.05) is 13.8 Å². The number of carbonyl (C=O) groups excluding carboxylic acids is 1. The second-order valence-corrected chi connectivity index (χ2v) is 1.58. The number of rotatable bonds is 1. The molecule has 0 spiro atoms. The summed E-state index contributed by atoms with van der Waals surface area (Å²) in [6.45, 7) is 4.26. The predicted molar refractivity (Wildman–Crippen MR) is 32.4 cm³/mol. The third-order valence-electron chi connectivity index (χ3n) is 0.0962. The molecule has 0 aliphatic heterocycles. The summed E-state index contributed by atoms with van der Waals surface area (Å²) < 4.78 is 3.86. The Bertz CT molecular complexity index is 42.9. The van der Waals surface area contributed by atoms with E-state index < -0.39 is 0 Å². The van der Waals surface area contributed by atoms with Gasteiger partial charge in [-0.25, -0.2) is 0 Å². The first-order valence-electron chi connectivity index (χ1n) is 2.37. The van der Waals surface area contributed by atoms with Gasteiger partial charge in [0.25, 0.3) is 6.47 Å². The molecule has 8 heavy (non-hydrogen) atoms. The van der Waals surface area contributed by atoms with Crippen LogP contribution in [-0.2, 0) is 9.53 Å². The largest absolute Gasteiger partial charge is 0.471 e. The van der Waals surface area contributed by atoms with Gasteiger partial charge >= 0.3 is 0 Å². The van der Waals surface area contributed by atoms with Crippen LogP contribution in [0.3, 0.4) is 0 Å². The van der Waals surface area contributed by atoms with E-state index in [-0.39, 0.29) is 0 Å². The molecule has 3 nitrogen and oxygen atoms in total. The first-order valence-corrected chi connectivity index (χ1v) is 2.37. The summed E-state index contributed by atoms with van der Waals surface area (Å²) in [7, 11) is 1.31. The van der Waals surface area contributed by atoms with Crippen molar-refractivity contribution in [2.24, 2.45) is 5.73 Å². The number of methoxy groups -OCH3 is 1.